The number of nitrogens with one attached hydrogen (secondary N) is 2. The number of hydrogen-bond donors (Lipinski definition) is 2. The Morgan fingerprint density at radius 2 is 1.85 bits per heavy atom. The van der Waals surface area contributed by atoms with Gasteiger partial charge >= 0.3 is 5.76 Å². The van der Waals surface area contributed by atoms with Crippen molar-refractivity contribution >= 4 is 22.7 Å². The maximum atomic E-state index is 13.0. The van der Waals surface area contributed by atoms with Crippen LogP contribution in [0.1, 0.15) is 17.0 Å². The number of anilines is 1. The molecule has 0 aliphatic rings. The summed E-state index contributed by atoms with van der Waals surface area (Å²) in [5, 5.41) is 2.94. The van der Waals surface area contributed by atoms with E-state index in [4.69, 9.17) is 4.42 Å². The fourth-order valence-electron chi connectivity index (χ4n) is 3.06. The van der Waals surface area contributed by atoms with Gasteiger partial charge in [0.1, 0.15) is 0 Å². The first-order valence-electron chi connectivity index (χ1n) is 8.56. The van der Waals surface area contributed by atoms with Crippen molar-refractivity contribution in [2.24, 2.45) is 0 Å². The van der Waals surface area contributed by atoms with E-state index in [0.717, 1.165) is 11.1 Å². The van der Waals surface area contributed by atoms with Crippen LogP contribution >= 0.6 is 0 Å². The Labute approximate surface area is 154 Å². The van der Waals surface area contributed by atoms with Crippen LogP contribution in [0.2, 0.25) is 0 Å². The standard InChI is InChI=1S/C21H17N3O3/c25-20(23-16-6-7-19-18(13-16)24-21(26)27-19)17(15-4-2-1-3-5-15)12-14-8-10-22-11-9-14/h1-11,13,17H,12H2,(H,23,25)(H,24,26). The van der Waals surface area contributed by atoms with E-state index >= 15 is 0 Å². The van der Waals surface area contributed by atoms with Crippen molar-refractivity contribution in [3.8, 4) is 0 Å². The molecule has 2 aromatic heterocycles. The van der Waals surface area contributed by atoms with Crippen molar-refractivity contribution in [2.75, 3.05) is 5.32 Å². The van der Waals surface area contributed by atoms with Crippen molar-refractivity contribution in [2.45, 2.75) is 12.3 Å². The fourth-order valence-corrected chi connectivity index (χ4v) is 3.06. The number of benzene rings is 2. The minimum Gasteiger partial charge on any atom is -0.408 e. The number of amides is 1. The lowest BCUT2D eigenvalue weighted by Gasteiger charge is -2.17. The first-order chi connectivity index (χ1) is 13.2. The van der Waals surface area contributed by atoms with E-state index < -0.39 is 5.76 Å². The summed E-state index contributed by atoms with van der Waals surface area (Å²) in [6.07, 6.45) is 4.00. The van der Waals surface area contributed by atoms with Crippen LogP contribution in [0.25, 0.3) is 11.1 Å². The molecule has 6 heteroatoms. The molecule has 0 saturated heterocycles. The third-order valence-electron chi connectivity index (χ3n) is 4.39. The number of nitrogens with zero attached hydrogens (tertiary/aromatic N) is 1. The molecule has 0 saturated carbocycles. The van der Waals surface area contributed by atoms with Gasteiger partial charge in [0.25, 0.3) is 0 Å². The molecule has 0 aliphatic carbocycles. The smallest absolute Gasteiger partial charge is 0.408 e. The summed E-state index contributed by atoms with van der Waals surface area (Å²) in [5.74, 6) is -0.996. The number of pyridine rings is 1. The highest BCUT2D eigenvalue weighted by molar-refractivity contribution is 5.97. The van der Waals surface area contributed by atoms with Gasteiger partial charge in [0.15, 0.2) is 5.58 Å². The number of carbonyl (C=O) groups is 1. The Morgan fingerprint density at radius 3 is 2.63 bits per heavy atom. The summed E-state index contributed by atoms with van der Waals surface area (Å²) >= 11 is 0. The number of H-pyrrole nitrogens is 1. The summed E-state index contributed by atoms with van der Waals surface area (Å²) in [5.41, 5.74) is 3.56. The van der Waals surface area contributed by atoms with E-state index in [1.54, 1.807) is 30.6 Å². The molecule has 0 spiro atoms. The predicted molar refractivity (Wildman–Crippen MR) is 103 cm³/mol. The second-order valence-electron chi connectivity index (χ2n) is 6.24. The maximum absolute atomic E-state index is 13.0. The van der Waals surface area contributed by atoms with Gasteiger partial charge in [-0.05, 0) is 47.9 Å². The Kier molecular flexibility index (Phi) is 4.53. The highest BCUT2D eigenvalue weighted by atomic mass is 16.4. The first-order valence-corrected chi connectivity index (χ1v) is 8.56. The molecular weight excluding hydrogens is 342 g/mol. The summed E-state index contributed by atoms with van der Waals surface area (Å²) in [6, 6.07) is 18.5. The number of aromatic nitrogens is 2. The van der Waals surface area contributed by atoms with Gasteiger partial charge < -0.3 is 9.73 Å². The first kappa shape index (κ1) is 16.8. The Morgan fingerprint density at radius 1 is 1.07 bits per heavy atom. The monoisotopic (exact) mass is 359 g/mol. The van der Waals surface area contributed by atoms with Crippen molar-refractivity contribution in [1.82, 2.24) is 9.97 Å². The third kappa shape index (κ3) is 3.79. The van der Waals surface area contributed by atoms with Gasteiger partial charge in [-0.25, -0.2) is 4.79 Å². The Hall–Kier alpha value is -3.67. The number of oxazole rings is 1. The molecule has 2 heterocycles. The zero-order valence-corrected chi connectivity index (χ0v) is 14.4. The number of hydrogen-bond acceptors (Lipinski definition) is 4. The van der Waals surface area contributed by atoms with E-state index in [2.05, 4.69) is 15.3 Å². The number of rotatable bonds is 5. The van der Waals surface area contributed by atoms with Crippen LogP contribution in [0.15, 0.2) is 82.3 Å². The van der Waals surface area contributed by atoms with Gasteiger partial charge in [0, 0.05) is 18.1 Å². The van der Waals surface area contributed by atoms with Crippen LogP contribution < -0.4 is 11.1 Å². The van der Waals surface area contributed by atoms with Crippen molar-refractivity contribution in [1.29, 1.82) is 0 Å². The van der Waals surface area contributed by atoms with Crippen molar-refractivity contribution in [3.63, 3.8) is 0 Å². The number of aromatic amines is 1. The second kappa shape index (κ2) is 7.29. The molecule has 0 radical (unpaired) electrons. The van der Waals surface area contributed by atoms with E-state index in [9.17, 15) is 9.59 Å². The van der Waals surface area contributed by atoms with Gasteiger partial charge in [-0.1, -0.05) is 30.3 Å². The quantitative estimate of drug-likeness (QED) is 0.571. The Bertz CT molecular complexity index is 1120. The molecule has 1 unspecified atom stereocenters. The molecule has 134 valence electrons. The summed E-state index contributed by atoms with van der Waals surface area (Å²) < 4.78 is 4.99. The summed E-state index contributed by atoms with van der Waals surface area (Å²) in [6.45, 7) is 0. The highest BCUT2D eigenvalue weighted by Gasteiger charge is 2.21. The molecule has 1 atom stereocenters. The maximum Gasteiger partial charge on any atom is 0.417 e. The third-order valence-corrected chi connectivity index (χ3v) is 4.39. The van der Waals surface area contributed by atoms with Crippen LogP contribution in [-0.2, 0) is 11.2 Å². The lowest BCUT2D eigenvalue weighted by Crippen LogP contribution is -2.23. The summed E-state index contributed by atoms with van der Waals surface area (Å²) in [4.78, 5) is 31.0. The van der Waals surface area contributed by atoms with E-state index in [1.165, 1.54) is 0 Å². The zero-order chi connectivity index (χ0) is 18.6. The van der Waals surface area contributed by atoms with Crippen LogP contribution in [0.3, 0.4) is 0 Å². The topological polar surface area (TPSA) is 88.0 Å². The molecule has 2 N–H and O–H groups in total. The molecular formula is C21H17N3O3. The van der Waals surface area contributed by atoms with E-state index in [0.29, 0.717) is 23.2 Å². The average Bonchev–Trinajstić information content (AvgIpc) is 3.07. The molecule has 0 fully saturated rings. The average molecular weight is 359 g/mol. The predicted octanol–water partition coefficient (Wildman–Crippen LogP) is 3.48. The molecule has 4 rings (SSSR count). The number of fused-ring (bicyclic) bond motifs is 1. The van der Waals surface area contributed by atoms with Gasteiger partial charge in [-0.3, -0.25) is 14.8 Å². The van der Waals surface area contributed by atoms with Crippen molar-refractivity contribution < 1.29 is 9.21 Å². The normalized spacial score (nSPS) is 12.0. The Balaban J connectivity index is 1.61. The molecule has 4 aromatic rings. The minimum atomic E-state index is -0.520. The lowest BCUT2D eigenvalue weighted by molar-refractivity contribution is -0.117. The zero-order valence-electron chi connectivity index (χ0n) is 14.4. The van der Waals surface area contributed by atoms with E-state index in [-0.39, 0.29) is 11.8 Å². The van der Waals surface area contributed by atoms with Crippen LogP contribution in [-0.4, -0.2) is 15.9 Å². The fraction of sp³-hybridized carbons (Fsp3) is 0.0952. The van der Waals surface area contributed by atoms with Gasteiger partial charge in [0.2, 0.25) is 5.91 Å². The minimum absolute atomic E-state index is 0.122. The molecule has 0 bridgehead atoms. The largest absolute Gasteiger partial charge is 0.417 e. The molecule has 0 aliphatic heterocycles. The van der Waals surface area contributed by atoms with Crippen LogP contribution in [0, 0.1) is 0 Å². The highest BCUT2D eigenvalue weighted by Crippen LogP contribution is 2.24. The lowest BCUT2D eigenvalue weighted by atomic mass is 9.91. The molecule has 2 aromatic carbocycles. The SMILES string of the molecule is O=C(Nc1ccc2oc(=O)[nH]c2c1)C(Cc1ccncc1)c1ccccc1. The number of carbonyl (C=O) groups excluding carboxylic acids is 1. The van der Waals surface area contributed by atoms with Crippen LogP contribution in [0.4, 0.5) is 5.69 Å². The van der Waals surface area contributed by atoms with Gasteiger partial charge in [0.05, 0.1) is 11.4 Å². The molecule has 6 nitrogen and oxygen atoms in total. The van der Waals surface area contributed by atoms with Gasteiger partial charge in [-0.15, -0.1) is 0 Å². The van der Waals surface area contributed by atoms with Crippen LogP contribution in [0.5, 0.6) is 0 Å². The van der Waals surface area contributed by atoms with E-state index in [1.807, 2.05) is 42.5 Å². The molecule has 1 amide bonds. The summed E-state index contributed by atoms with van der Waals surface area (Å²) in [7, 11) is 0. The van der Waals surface area contributed by atoms with Gasteiger partial charge in [-0.2, -0.15) is 0 Å². The molecule has 27 heavy (non-hydrogen) atoms. The van der Waals surface area contributed by atoms with Crippen molar-refractivity contribution in [3.05, 3.63) is 94.7 Å². The second-order valence-corrected chi connectivity index (χ2v) is 6.24.